The van der Waals surface area contributed by atoms with E-state index in [4.69, 9.17) is 9.47 Å². The first-order valence-corrected chi connectivity index (χ1v) is 8.87. The summed E-state index contributed by atoms with van der Waals surface area (Å²) in [5, 5.41) is 10.6. The van der Waals surface area contributed by atoms with E-state index in [1.54, 1.807) is 19.1 Å². The van der Waals surface area contributed by atoms with Crippen molar-refractivity contribution in [2.24, 2.45) is 0 Å². The number of hydrogen-bond acceptors (Lipinski definition) is 4. The number of rotatable bonds is 6. The van der Waals surface area contributed by atoms with Crippen molar-refractivity contribution in [2.45, 2.75) is 37.5 Å². The lowest BCUT2D eigenvalue weighted by molar-refractivity contribution is -0.133. The quantitative estimate of drug-likeness (QED) is 0.865. The number of aliphatic hydroxyl groups excluding tert-OH is 1. The van der Waals surface area contributed by atoms with Crippen LogP contribution >= 0.6 is 0 Å². The Balaban J connectivity index is 1.60. The van der Waals surface area contributed by atoms with E-state index in [-0.39, 0.29) is 24.5 Å². The topological polar surface area (TPSA) is 59.0 Å². The number of likely N-dealkylation sites (N-methyl/N-ethyl adjacent to an activating group) is 1. The Morgan fingerprint density at radius 1 is 1.12 bits per heavy atom. The highest BCUT2D eigenvalue weighted by Gasteiger charge is 2.40. The molecule has 1 aliphatic rings. The van der Waals surface area contributed by atoms with Gasteiger partial charge in [0, 0.05) is 7.05 Å². The second kappa shape index (κ2) is 8.23. The van der Waals surface area contributed by atoms with Crippen molar-refractivity contribution in [1.82, 2.24) is 4.90 Å². The summed E-state index contributed by atoms with van der Waals surface area (Å²) in [4.78, 5) is 14.3. The SMILES string of the molecule is COc1cccc(CC(=O)N(C)[C@@H]2CC[C@H](Oc3ccccc3)[C@H]2O)c1. The third-order valence-corrected chi connectivity index (χ3v) is 4.93. The van der Waals surface area contributed by atoms with Crippen LogP contribution in [0.2, 0.25) is 0 Å². The highest BCUT2D eigenvalue weighted by atomic mass is 16.5. The molecule has 0 spiro atoms. The Morgan fingerprint density at radius 3 is 2.58 bits per heavy atom. The minimum absolute atomic E-state index is 0.0253. The first kappa shape index (κ1) is 18.3. The van der Waals surface area contributed by atoms with E-state index in [9.17, 15) is 9.90 Å². The number of hydrogen-bond donors (Lipinski definition) is 1. The van der Waals surface area contributed by atoms with E-state index in [0.717, 1.165) is 29.9 Å². The van der Waals surface area contributed by atoms with Gasteiger partial charge in [-0.05, 0) is 42.7 Å². The van der Waals surface area contributed by atoms with Crippen molar-refractivity contribution >= 4 is 5.91 Å². The van der Waals surface area contributed by atoms with Crippen molar-refractivity contribution < 1.29 is 19.4 Å². The van der Waals surface area contributed by atoms with Gasteiger partial charge >= 0.3 is 0 Å². The molecule has 26 heavy (non-hydrogen) atoms. The van der Waals surface area contributed by atoms with E-state index < -0.39 is 6.10 Å². The van der Waals surface area contributed by atoms with E-state index in [1.165, 1.54) is 0 Å². The van der Waals surface area contributed by atoms with Gasteiger partial charge in [-0.1, -0.05) is 30.3 Å². The highest BCUT2D eigenvalue weighted by molar-refractivity contribution is 5.79. The molecule has 0 radical (unpaired) electrons. The van der Waals surface area contributed by atoms with Crippen LogP contribution in [0.25, 0.3) is 0 Å². The second-order valence-corrected chi connectivity index (χ2v) is 6.64. The summed E-state index contributed by atoms with van der Waals surface area (Å²) in [6, 6.07) is 16.7. The first-order valence-electron chi connectivity index (χ1n) is 8.87. The summed E-state index contributed by atoms with van der Waals surface area (Å²) in [5.41, 5.74) is 0.894. The van der Waals surface area contributed by atoms with Gasteiger partial charge in [-0.25, -0.2) is 0 Å². The molecular formula is C21H25NO4. The van der Waals surface area contributed by atoms with Crippen LogP contribution in [0.3, 0.4) is 0 Å². The molecule has 138 valence electrons. The van der Waals surface area contributed by atoms with E-state index in [2.05, 4.69) is 0 Å². The third kappa shape index (κ3) is 4.17. The Kier molecular flexibility index (Phi) is 5.78. The summed E-state index contributed by atoms with van der Waals surface area (Å²) in [7, 11) is 3.36. The molecule has 1 saturated carbocycles. The number of methoxy groups -OCH3 is 1. The average molecular weight is 355 g/mol. The first-order chi connectivity index (χ1) is 12.6. The van der Waals surface area contributed by atoms with Gasteiger partial charge < -0.3 is 19.5 Å². The summed E-state index contributed by atoms with van der Waals surface area (Å²) in [5.74, 6) is 1.44. The predicted molar refractivity (Wildman–Crippen MR) is 99.4 cm³/mol. The normalized spacial score (nSPS) is 22.0. The number of aliphatic hydroxyl groups is 1. The van der Waals surface area contributed by atoms with Gasteiger partial charge in [0.15, 0.2) is 0 Å². The van der Waals surface area contributed by atoms with Gasteiger partial charge in [0.1, 0.15) is 23.7 Å². The zero-order valence-electron chi connectivity index (χ0n) is 15.2. The maximum Gasteiger partial charge on any atom is 0.227 e. The molecule has 5 heteroatoms. The van der Waals surface area contributed by atoms with Crippen LogP contribution < -0.4 is 9.47 Å². The number of nitrogens with zero attached hydrogens (tertiary/aromatic N) is 1. The van der Waals surface area contributed by atoms with E-state index in [0.29, 0.717) is 0 Å². The van der Waals surface area contributed by atoms with Crippen LogP contribution in [-0.2, 0) is 11.2 Å². The van der Waals surface area contributed by atoms with Crippen LogP contribution in [0.15, 0.2) is 54.6 Å². The van der Waals surface area contributed by atoms with Gasteiger partial charge in [0.25, 0.3) is 0 Å². The monoisotopic (exact) mass is 355 g/mol. The Labute approximate surface area is 154 Å². The van der Waals surface area contributed by atoms with Gasteiger partial charge in [-0.3, -0.25) is 4.79 Å². The molecule has 5 nitrogen and oxygen atoms in total. The van der Waals surface area contributed by atoms with Crippen LogP contribution in [0, 0.1) is 0 Å². The van der Waals surface area contributed by atoms with Crippen LogP contribution in [0.1, 0.15) is 18.4 Å². The zero-order chi connectivity index (χ0) is 18.5. The molecular weight excluding hydrogens is 330 g/mol. The maximum atomic E-state index is 12.6. The molecule has 1 aliphatic carbocycles. The molecule has 2 aromatic rings. The van der Waals surface area contributed by atoms with E-state index in [1.807, 2.05) is 54.6 Å². The number of para-hydroxylation sites is 1. The fourth-order valence-corrected chi connectivity index (χ4v) is 3.42. The smallest absolute Gasteiger partial charge is 0.227 e. The average Bonchev–Trinajstić information content (AvgIpc) is 3.02. The summed E-state index contributed by atoms with van der Waals surface area (Å²) < 4.78 is 11.1. The highest BCUT2D eigenvalue weighted by Crippen LogP contribution is 2.28. The Bertz CT molecular complexity index is 734. The molecule has 0 unspecified atom stereocenters. The standard InChI is InChI=1S/C21H25NO4/c1-22(20(23)14-15-7-6-10-17(13-15)25-2)18-11-12-19(21(18)24)26-16-8-4-3-5-9-16/h3-10,13,18-19,21,24H,11-12,14H2,1-2H3/t18-,19+,21+/m1/s1. The number of amides is 1. The molecule has 0 aromatic heterocycles. The molecule has 1 amide bonds. The lowest BCUT2D eigenvalue weighted by Crippen LogP contribution is -2.45. The van der Waals surface area contributed by atoms with Crippen molar-refractivity contribution in [3.05, 3.63) is 60.2 Å². The molecule has 3 atom stereocenters. The molecule has 3 rings (SSSR count). The van der Waals surface area contributed by atoms with Crippen molar-refractivity contribution in [3.8, 4) is 11.5 Å². The van der Waals surface area contributed by atoms with Crippen molar-refractivity contribution in [3.63, 3.8) is 0 Å². The van der Waals surface area contributed by atoms with Crippen LogP contribution in [-0.4, -0.2) is 48.3 Å². The lowest BCUT2D eigenvalue weighted by Gasteiger charge is -2.29. The predicted octanol–water partition coefficient (Wildman–Crippen LogP) is 2.67. The maximum absolute atomic E-state index is 12.6. The molecule has 0 heterocycles. The third-order valence-electron chi connectivity index (χ3n) is 4.93. The minimum Gasteiger partial charge on any atom is -0.497 e. The van der Waals surface area contributed by atoms with Crippen molar-refractivity contribution in [1.29, 1.82) is 0 Å². The zero-order valence-corrected chi connectivity index (χ0v) is 15.2. The van der Waals surface area contributed by atoms with Gasteiger partial charge in [0.05, 0.1) is 19.6 Å². The number of carbonyl (C=O) groups excluding carboxylic acids is 1. The largest absolute Gasteiger partial charge is 0.497 e. The molecule has 0 saturated heterocycles. The summed E-state index contributed by atoms with van der Waals surface area (Å²) >= 11 is 0. The van der Waals surface area contributed by atoms with Crippen LogP contribution in [0.5, 0.6) is 11.5 Å². The van der Waals surface area contributed by atoms with Gasteiger partial charge in [0.2, 0.25) is 5.91 Å². The molecule has 1 fully saturated rings. The fraction of sp³-hybridized carbons (Fsp3) is 0.381. The molecule has 0 bridgehead atoms. The Hall–Kier alpha value is -2.53. The fourth-order valence-electron chi connectivity index (χ4n) is 3.42. The molecule has 1 N–H and O–H groups in total. The number of ether oxygens (including phenoxy) is 2. The summed E-state index contributed by atoms with van der Waals surface area (Å²) in [6.45, 7) is 0. The molecule has 2 aromatic carbocycles. The van der Waals surface area contributed by atoms with Crippen LogP contribution in [0.4, 0.5) is 0 Å². The second-order valence-electron chi connectivity index (χ2n) is 6.64. The molecule has 0 aliphatic heterocycles. The summed E-state index contributed by atoms with van der Waals surface area (Å²) in [6.07, 6.45) is 0.724. The van der Waals surface area contributed by atoms with Gasteiger partial charge in [-0.2, -0.15) is 0 Å². The van der Waals surface area contributed by atoms with Crippen molar-refractivity contribution in [2.75, 3.05) is 14.2 Å². The lowest BCUT2D eigenvalue weighted by atomic mass is 10.1. The van der Waals surface area contributed by atoms with E-state index >= 15 is 0 Å². The number of benzene rings is 2. The number of carbonyl (C=O) groups is 1. The minimum atomic E-state index is -0.700. The Morgan fingerprint density at radius 2 is 1.85 bits per heavy atom. The van der Waals surface area contributed by atoms with Gasteiger partial charge in [-0.15, -0.1) is 0 Å².